The summed E-state index contributed by atoms with van der Waals surface area (Å²) >= 11 is 0. The molecule has 1 aromatic rings. The Morgan fingerprint density at radius 2 is 2.17 bits per heavy atom. The first kappa shape index (κ1) is 13.1. The lowest BCUT2D eigenvalue weighted by atomic mass is 9.85. The Hall–Kier alpha value is -1.38. The number of nitrogens with one attached hydrogen (secondary N) is 1. The minimum atomic E-state index is -0.214. The first-order valence-electron chi connectivity index (χ1n) is 6.52. The zero-order valence-electron chi connectivity index (χ0n) is 11.2. The third kappa shape index (κ3) is 2.71. The Bertz CT molecular complexity index is 456. The Kier molecular flexibility index (Phi) is 3.69. The van der Waals surface area contributed by atoms with Gasteiger partial charge in [-0.05, 0) is 42.5 Å². The number of amides is 1. The molecule has 2 nitrogen and oxygen atoms in total. The van der Waals surface area contributed by atoms with Gasteiger partial charge in [0.25, 0.3) is 0 Å². The van der Waals surface area contributed by atoms with E-state index in [0.29, 0.717) is 12.3 Å². The molecule has 0 radical (unpaired) electrons. The normalized spacial score (nSPS) is 23.5. The fourth-order valence-electron chi connectivity index (χ4n) is 2.82. The summed E-state index contributed by atoms with van der Waals surface area (Å²) in [4.78, 5) is 11.6. The zero-order chi connectivity index (χ0) is 13.3. The molecule has 0 saturated carbocycles. The molecule has 1 amide bonds. The van der Waals surface area contributed by atoms with Crippen molar-refractivity contribution in [3.05, 3.63) is 35.1 Å². The molecule has 3 heteroatoms. The highest BCUT2D eigenvalue weighted by atomic mass is 19.1. The molecule has 2 rings (SSSR count). The van der Waals surface area contributed by atoms with E-state index in [9.17, 15) is 9.18 Å². The molecule has 0 bridgehead atoms. The molecule has 2 unspecified atom stereocenters. The minimum Gasteiger partial charge on any atom is -0.353 e. The maximum absolute atomic E-state index is 13.1. The van der Waals surface area contributed by atoms with E-state index in [1.165, 1.54) is 6.07 Å². The summed E-state index contributed by atoms with van der Waals surface area (Å²) < 4.78 is 13.1. The van der Waals surface area contributed by atoms with Crippen LogP contribution in [0.4, 0.5) is 4.39 Å². The van der Waals surface area contributed by atoms with Crippen LogP contribution in [0.3, 0.4) is 0 Å². The van der Waals surface area contributed by atoms with E-state index >= 15 is 0 Å². The number of aryl methyl sites for hydroxylation is 1. The quantitative estimate of drug-likeness (QED) is 0.876. The molecule has 1 aromatic carbocycles. The number of hydrogen-bond donors (Lipinski definition) is 1. The highest BCUT2D eigenvalue weighted by Gasteiger charge is 2.34. The van der Waals surface area contributed by atoms with Crippen molar-refractivity contribution >= 4 is 5.91 Å². The molecule has 1 heterocycles. The lowest BCUT2D eigenvalue weighted by Gasteiger charge is -2.22. The van der Waals surface area contributed by atoms with E-state index in [2.05, 4.69) is 19.2 Å². The van der Waals surface area contributed by atoms with Crippen molar-refractivity contribution in [2.24, 2.45) is 5.92 Å². The molecular formula is C15H20FNO. The van der Waals surface area contributed by atoms with Crippen molar-refractivity contribution in [3.63, 3.8) is 0 Å². The predicted octanol–water partition coefficient (Wildman–Crippen LogP) is 3.15. The number of carbonyl (C=O) groups excluding carboxylic acids is 1. The molecule has 1 saturated heterocycles. The Balaban J connectivity index is 2.26. The average molecular weight is 249 g/mol. The molecule has 1 aliphatic rings. The van der Waals surface area contributed by atoms with Crippen molar-refractivity contribution < 1.29 is 9.18 Å². The number of halogens is 1. The van der Waals surface area contributed by atoms with Gasteiger partial charge in [-0.2, -0.15) is 0 Å². The van der Waals surface area contributed by atoms with Gasteiger partial charge in [-0.1, -0.05) is 19.9 Å². The maximum Gasteiger partial charge on any atom is 0.220 e. The maximum atomic E-state index is 13.1. The fraction of sp³-hybridized carbons (Fsp3) is 0.533. The van der Waals surface area contributed by atoms with Crippen LogP contribution < -0.4 is 5.32 Å². The summed E-state index contributed by atoms with van der Waals surface area (Å²) in [6, 6.07) is 5.03. The van der Waals surface area contributed by atoms with E-state index in [0.717, 1.165) is 17.5 Å². The van der Waals surface area contributed by atoms with E-state index in [1.54, 1.807) is 6.07 Å². The molecule has 0 aliphatic carbocycles. The van der Waals surface area contributed by atoms with Gasteiger partial charge in [0, 0.05) is 18.4 Å². The van der Waals surface area contributed by atoms with Crippen LogP contribution in [0.2, 0.25) is 0 Å². The second kappa shape index (κ2) is 5.09. The number of benzene rings is 1. The van der Waals surface area contributed by atoms with E-state index in [1.807, 2.05) is 13.0 Å². The Morgan fingerprint density at radius 3 is 2.78 bits per heavy atom. The van der Waals surface area contributed by atoms with Gasteiger partial charge < -0.3 is 5.32 Å². The summed E-state index contributed by atoms with van der Waals surface area (Å²) in [5, 5.41) is 3.04. The molecule has 1 aliphatic heterocycles. The largest absolute Gasteiger partial charge is 0.353 e. The van der Waals surface area contributed by atoms with Crippen molar-refractivity contribution in [1.82, 2.24) is 5.32 Å². The van der Waals surface area contributed by atoms with Gasteiger partial charge in [-0.25, -0.2) is 4.39 Å². The van der Waals surface area contributed by atoms with Crippen LogP contribution in [0.25, 0.3) is 0 Å². The Morgan fingerprint density at radius 1 is 1.44 bits per heavy atom. The van der Waals surface area contributed by atoms with Crippen molar-refractivity contribution in [2.75, 3.05) is 0 Å². The first-order chi connectivity index (χ1) is 8.47. The molecule has 98 valence electrons. The molecule has 0 spiro atoms. The fourth-order valence-corrected chi connectivity index (χ4v) is 2.82. The molecule has 0 aromatic heterocycles. The van der Waals surface area contributed by atoms with Gasteiger partial charge in [-0.15, -0.1) is 0 Å². The molecular weight excluding hydrogens is 229 g/mol. The summed E-state index contributed by atoms with van der Waals surface area (Å²) in [7, 11) is 0. The van der Waals surface area contributed by atoms with Gasteiger partial charge in [0.2, 0.25) is 5.91 Å². The highest BCUT2D eigenvalue weighted by molar-refractivity contribution is 5.80. The average Bonchev–Trinajstić information content (AvgIpc) is 2.58. The summed E-state index contributed by atoms with van der Waals surface area (Å²) in [5.74, 6) is 0.612. The first-order valence-corrected chi connectivity index (χ1v) is 6.52. The van der Waals surface area contributed by atoms with Crippen molar-refractivity contribution in [1.29, 1.82) is 0 Å². The van der Waals surface area contributed by atoms with Gasteiger partial charge >= 0.3 is 0 Å². The number of carbonyl (C=O) groups is 1. The van der Waals surface area contributed by atoms with Crippen LogP contribution >= 0.6 is 0 Å². The number of hydrogen-bond acceptors (Lipinski definition) is 1. The van der Waals surface area contributed by atoms with Gasteiger partial charge in [0.05, 0.1) is 0 Å². The van der Waals surface area contributed by atoms with Crippen LogP contribution in [-0.2, 0) is 4.79 Å². The second-order valence-electron chi connectivity index (χ2n) is 5.62. The third-order valence-electron chi connectivity index (χ3n) is 3.59. The van der Waals surface area contributed by atoms with E-state index < -0.39 is 0 Å². The van der Waals surface area contributed by atoms with Crippen LogP contribution in [0.5, 0.6) is 0 Å². The lowest BCUT2D eigenvalue weighted by molar-refractivity contribution is -0.119. The Labute approximate surface area is 108 Å². The smallest absolute Gasteiger partial charge is 0.220 e. The molecule has 2 atom stereocenters. The van der Waals surface area contributed by atoms with Gasteiger partial charge in [0.1, 0.15) is 5.82 Å². The molecule has 18 heavy (non-hydrogen) atoms. The second-order valence-corrected chi connectivity index (χ2v) is 5.62. The zero-order valence-corrected chi connectivity index (χ0v) is 11.2. The van der Waals surface area contributed by atoms with Gasteiger partial charge in [0.15, 0.2) is 0 Å². The lowest BCUT2D eigenvalue weighted by Crippen LogP contribution is -2.29. The topological polar surface area (TPSA) is 29.1 Å². The third-order valence-corrected chi connectivity index (χ3v) is 3.59. The van der Waals surface area contributed by atoms with Gasteiger partial charge in [-0.3, -0.25) is 4.79 Å². The summed E-state index contributed by atoms with van der Waals surface area (Å²) in [6.45, 7) is 6.21. The van der Waals surface area contributed by atoms with Crippen molar-refractivity contribution in [3.8, 4) is 0 Å². The van der Waals surface area contributed by atoms with Crippen LogP contribution in [0.15, 0.2) is 18.2 Å². The molecule has 1 N–H and O–H groups in total. The van der Waals surface area contributed by atoms with E-state index in [-0.39, 0.29) is 23.7 Å². The standard InChI is InChI=1S/C15H20FNO/c1-9(2)6-14-13(8-15(18)17-14)12-5-4-11(16)7-10(12)3/h4-5,7,9,13-14H,6,8H2,1-3H3,(H,17,18). The predicted molar refractivity (Wildman–Crippen MR) is 69.9 cm³/mol. The van der Waals surface area contributed by atoms with Crippen LogP contribution in [0.1, 0.15) is 43.7 Å². The monoisotopic (exact) mass is 249 g/mol. The SMILES string of the molecule is Cc1cc(F)ccc1C1CC(=O)NC1CC(C)C. The van der Waals surface area contributed by atoms with E-state index in [4.69, 9.17) is 0 Å². The highest BCUT2D eigenvalue weighted by Crippen LogP contribution is 2.33. The minimum absolute atomic E-state index is 0.106. The van der Waals surface area contributed by atoms with Crippen molar-refractivity contribution in [2.45, 2.75) is 45.6 Å². The summed E-state index contributed by atoms with van der Waals surface area (Å²) in [6.07, 6.45) is 1.48. The summed E-state index contributed by atoms with van der Waals surface area (Å²) in [5.41, 5.74) is 2.03. The number of rotatable bonds is 3. The van der Waals surface area contributed by atoms with Crippen LogP contribution in [-0.4, -0.2) is 11.9 Å². The van der Waals surface area contributed by atoms with Crippen LogP contribution in [0, 0.1) is 18.7 Å². The molecule has 1 fully saturated rings.